The van der Waals surface area contributed by atoms with Crippen molar-refractivity contribution in [3.05, 3.63) is 60.7 Å². The number of ether oxygens (including phenoxy) is 2. The first kappa shape index (κ1) is 18.3. The molecule has 144 valence electrons. The third-order valence-electron chi connectivity index (χ3n) is 5.23. The molecule has 2 heterocycles. The third kappa shape index (κ3) is 3.16. The molecule has 1 fully saturated rings. The normalized spacial score (nSPS) is 20.8. The highest BCUT2D eigenvalue weighted by Crippen LogP contribution is 2.33. The molecular weight excluding hydrogens is 356 g/mol. The number of rotatable bonds is 5. The van der Waals surface area contributed by atoms with Gasteiger partial charge in [0.15, 0.2) is 0 Å². The lowest BCUT2D eigenvalue weighted by Crippen LogP contribution is -2.46. The van der Waals surface area contributed by atoms with Crippen LogP contribution in [0.5, 0.6) is 5.75 Å². The van der Waals surface area contributed by atoms with Gasteiger partial charge in [-0.3, -0.25) is 9.59 Å². The zero-order valence-electron chi connectivity index (χ0n) is 15.7. The number of methoxy groups -OCH3 is 1. The topological polar surface area (TPSA) is 67.9 Å². The second-order valence-electron chi connectivity index (χ2n) is 6.87. The van der Waals surface area contributed by atoms with Crippen LogP contribution in [-0.2, 0) is 9.53 Å². The van der Waals surface area contributed by atoms with Crippen molar-refractivity contribution in [3.8, 4) is 16.9 Å². The molecule has 6 heteroatoms. The molecule has 4 rings (SSSR count). The Hall–Kier alpha value is -3.12. The van der Waals surface area contributed by atoms with Crippen molar-refractivity contribution in [1.82, 2.24) is 4.90 Å². The van der Waals surface area contributed by atoms with Crippen LogP contribution >= 0.6 is 0 Å². The monoisotopic (exact) mass is 378 g/mol. The van der Waals surface area contributed by atoms with E-state index in [1.807, 2.05) is 36.4 Å². The molecule has 1 N–H and O–H groups in total. The van der Waals surface area contributed by atoms with E-state index in [4.69, 9.17) is 9.47 Å². The van der Waals surface area contributed by atoms with Crippen molar-refractivity contribution in [2.75, 3.05) is 25.6 Å². The summed E-state index contributed by atoms with van der Waals surface area (Å²) in [5, 5.41) is 2.90. The lowest BCUT2D eigenvalue weighted by Gasteiger charge is -2.24. The predicted molar refractivity (Wildman–Crippen MR) is 106 cm³/mol. The molecular formula is C22H22N2O4. The maximum atomic E-state index is 13.2. The summed E-state index contributed by atoms with van der Waals surface area (Å²) in [5.74, 6) is 0.404. The summed E-state index contributed by atoms with van der Waals surface area (Å²) in [6.07, 6.45) is 1.96. The Kier molecular flexibility index (Phi) is 4.88. The van der Waals surface area contributed by atoms with Gasteiger partial charge in [-0.1, -0.05) is 24.3 Å². The Morgan fingerprint density at radius 1 is 1.18 bits per heavy atom. The van der Waals surface area contributed by atoms with Gasteiger partial charge >= 0.3 is 0 Å². The van der Waals surface area contributed by atoms with Crippen molar-refractivity contribution in [3.63, 3.8) is 0 Å². The first-order valence-electron chi connectivity index (χ1n) is 9.25. The number of nitrogens with zero attached hydrogens (tertiary/aromatic N) is 1. The average Bonchev–Trinajstić information content (AvgIpc) is 3.12. The number of nitrogens with one attached hydrogen (secondary N) is 1. The highest BCUT2D eigenvalue weighted by molar-refractivity contribution is 6.11. The molecule has 0 aromatic heterocycles. The minimum Gasteiger partial charge on any atom is -0.497 e. The number of amides is 2. The van der Waals surface area contributed by atoms with E-state index < -0.39 is 6.04 Å². The molecule has 0 saturated carbocycles. The first-order valence-corrected chi connectivity index (χ1v) is 9.25. The molecule has 0 radical (unpaired) electrons. The quantitative estimate of drug-likeness (QED) is 0.812. The molecule has 0 aliphatic carbocycles. The van der Waals surface area contributed by atoms with Crippen molar-refractivity contribution >= 4 is 17.5 Å². The molecule has 0 spiro atoms. The second-order valence-corrected chi connectivity index (χ2v) is 6.87. The molecule has 2 aromatic rings. The third-order valence-corrected chi connectivity index (χ3v) is 5.23. The summed E-state index contributed by atoms with van der Waals surface area (Å²) < 4.78 is 10.9. The van der Waals surface area contributed by atoms with Gasteiger partial charge in [0.05, 0.1) is 31.1 Å². The van der Waals surface area contributed by atoms with E-state index in [1.54, 1.807) is 24.2 Å². The Bertz CT molecular complexity index is 923. The Balaban J connectivity index is 1.67. The van der Waals surface area contributed by atoms with E-state index in [0.29, 0.717) is 30.8 Å². The van der Waals surface area contributed by atoms with E-state index >= 15 is 0 Å². The number of carbonyl (C=O) groups excluding carboxylic acids is 2. The summed E-state index contributed by atoms with van der Waals surface area (Å²) in [5.41, 5.74) is 2.90. The minimum absolute atomic E-state index is 0.154. The highest BCUT2D eigenvalue weighted by Gasteiger charge is 2.45. The lowest BCUT2D eigenvalue weighted by atomic mass is 10.0. The Labute approximate surface area is 163 Å². The number of hydrogen-bond acceptors (Lipinski definition) is 4. The highest BCUT2D eigenvalue weighted by atomic mass is 16.5. The van der Waals surface area contributed by atoms with Crippen LogP contribution in [0.3, 0.4) is 0 Å². The van der Waals surface area contributed by atoms with E-state index in [2.05, 4.69) is 11.9 Å². The zero-order chi connectivity index (χ0) is 19.7. The van der Waals surface area contributed by atoms with Gasteiger partial charge in [0, 0.05) is 6.54 Å². The van der Waals surface area contributed by atoms with E-state index in [9.17, 15) is 9.59 Å². The van der Waals surface area contributed by atoms with Crippen LogP contribution in [0.1, 0.15) is 16.8 Å². The molecule has 2 atom stereocenters. The summed E-state index contributed by atoms with van der Waals surface area (Å²) in [6, 6.07) is 12.5. The van der Waals surface area contributed by atoms with Gasteiger partial charge in [-0.05, 0) is 41.8 Å². The SMILES string of the molecule is C=CCO[C@@H]1CCN2C(=O)c3cc(-c4ccc(OC)cc4)ccc3NC(=O)[C@H]12. The first-order chi connectivity index (χ1) is 13.6. The summed E-state index contributed by atoms with van der Waals surface area (Å²) in [4.78, 5) is 27.6. The number of carbonyl (C=O) groups is 2. The van der Waals surface area contributed by atoms with Crippen molar-refractivity contribution < 1.29 is 19.1 Å². The maximum absolute atomic E-state index is 13.2. The van der Waals surface area contributed by atoms with Gasteiger partial charge in [0.2, 0.25) is 5.91 Å². The number of anilines is 1. The molecule has 2 amide bonds. The fraction of sp³-hybridized carbons (Fsp3) is 0.273. The van der Waals surface area contributed by atoms with E-state index in [1.165, 1.54) is 0 Å². The van der Waals surface area contributed by atoms with Gasteiger partial charge in [-0.2, -0.15) is 0 Å². The number of hydrogen-bond donors (Lipinski definition) is 1. The Morgan fingerprint density at radius 3 is 2.64 bits per heavy atom. The van der Waals surface area contributed by atoms with Gasteiger partial charge in [-0.25, -0.2) is 0 Å². The molecule has 0 unspecified atom stereocenters. The predicted octanol–water partition coefficient (Wildman–Crippen LogP) is 3.10. The van der Waals surface area contributed by atoms with Gasteiger partial charge in [-0.15, -0.1) is 6.58 Å². The largest absolute Gasteiger partial charge is 0.497 e. The second kappa shape index (κ2) is 7.48. The molecule has 0 bridgehead atoms. The van der Waals surface area contributed by atoms with Gasteiger partial charge in [0.1, 0.15) is 11.8 Å². The maximum Gasteiger partial charge on any atom is 0.256 e. The average molecular weight is 378 g/mol. The molecule has 1 saturated heterocycles. The summed E-state index contributed by atoms with van der Waals surface area (Å²) in [6.45, 7) is 4.49. The minimum atomic E-state index is -0.621. The van der Waals surface area contributed by atoms with Crippen LogP contribution in [0.25, 0.3) is 11.1 Å². The smallest absolute Gasteiger partial charge is 0.256 e. The standard InChI is InChI=1S/C22H22N2O4/c1-3-12-28-19-10-11-24-20(19)21(25)23-18-9-6-15(13-17(18)22(24)26)14-4-7-16(27-2)8-5-14/h3-9,13,19-20H,1,10-12H2,2H3,(H,23,25)/t19-,20+/m1/s1. The van der Waals surface area contributed by atoms with Crippen molar-refractivity contribution in [2.24, 2.45) is 0 Å². The van der Waals surface area contributed by atoms with E-state index in [-0.39, 0.29) is 17.9 Å². The fourth-order valence-corrected chi connectivity index (χ4v) is 3.82. The molecule has 28 heavy (non-hydrogen) atoms. The van der Waals surface area contributed by atoms with Crippen LogP contribution in [0.15, 0.2) is 55.1 Å². The molecule has 2 aliphatic heterocycles. The lowest BCUT2D eigenvalue weighted by molar-refractivity contribution is -0.122. The summed E-state index contributed by atoms with van der Waals surface area (Å²) >= 11 is 0. The van der Waals surface area contributed by atoms with Crippen LogP contribution < -0.4 is 10.1 Å². The van der Waals surface area contributed by atoms with Crippen molar-refractivity contribution in [1.29, 1.82) is 0 Å². The molecule has 6 nitrogen and oxygen atoms in total. The molecule has 2 aliphatic rings. The number of fused-ring (bicyclic) bond motifs is 2. The zero-order valence-corrected chi connectivity index (χ0v) is 15.7. The van der Waals surface area contributed by atoms with Gasteiger partial charge in [0.25, 0.3) is 5.91 Å². The van der Waals surface area contributed by atoms with Crippen LogP contribution in [-0.4, -0.2) is 49.1 Å². The number of benzene rings is 2. The Morgan fingerprint density at radius 2 is 1.93 bits per heavy atom. The fourth-order valence-electron chi connectivity index (χ4n) is 3.82. The van der Waals surface area contributed by atoms with E-state index in [0.717, 1.165) is 16.9 Å². The van der Waals surface area contributed by atoms with Crippen LogP contribution in [0.4, 0.5) is 5.69 Å². The van der Waals surface area contributed by atoms with Gasteiger partial charge < -0.3 is 19.7 Å². The van der Waals surface area contributed by atoms with Crippen LogP contribution in [0, 0.1) is 0 Å². The summed E-state index contributed by atoms with van der Waals surface area (Å²) in [7, 11) is 1.62. The molecule has 2 aromatic carbocycles. The van der Waals surface area contributed by atoms with Crippen LogP contribution in [0.2, 0.25) is 0 Å². The van der Waals surface area contributed by atoms with Crippen molar-refractivity contribution in [2.45, 2.75) is 18.6 Å².